The van der Waals surface area contributed by atoms with E-state index in [1.54, 1.807) is 18.3 Å². The second-order valence-corrected chi connectivity index (χ2v) is 2.58. The zero-order chi connectivity index (χ0) is 9.68. The number of hydrazone groups is 1. The molecule has 0 saturated heterocycles. The van der Waals surface area contributed by atoms with Crippen molar-refractivity contribution in [3.63, 3.8) is 0 Å². The maximum atomic E-state index is 5.43. The highest BCUT2D eigenvalue weighted by Gasteiger charge is 2.06. The maximum absolute atomic E-state index is 5.43. The van der Waals surface area contributed by atoms with Crippen molar-refractivity contribution in [2.45, 2.75) is 0 Å². The number of rotatable bonds is 2. The molecule has 1 aromatic heterocycles. The Morgan fingerprint density at radius 1 is 1.62 bits per heavy atom. The molecule has 5 nitrogen and oxygen atoms in total. The summed E-state index contributed by atoms with van der Waals surface area (Å²) in [4.78, 5) is 5.44. The minimum atomic E-state index is 0.146. The normalized spacial score (nSPS) is 10.2. The van der Waals surface area contributed by atoms with Crippen LogP contribution >= 0.6 is 12.2 Å². The molecule has 13 heavy (non-hydrogen) atoms. The molecule has 0 aliphatic rings. The van der Waals surface area contributed by atoms with Gasteiger partial charge in [0.15, 0.2) is 5.11 Å². The highest BCUT2D eigenvalue weighted by Crippen LogP contribution is 2.06. The van der Waals surface area contributed by atoms with Crippen molar-refractivity contribution in [1.82, 2.24) is 4.98 Å². The van der Waals surface area contributed by atoms with Crippen LogP contribution in [0.15, 0.2) is 29.5 Å². The first-order valence-corrected chi connectivity index (χ1v) is 3.89. The lowest BCUT2D eigenvalue weighted by Crippen LogP contribution is -2.35. The number of thiocarbonyl (C=S) groups is 1. The van der Waals surface area contributed by atoms with Gasteiger partial charge < -0.3 is 11.6 Å². The Labute approximate surface area is 81.0 Å². The molecule has 0 atom stereocenters. The third-order valence-electron chi connectivity index (χ3n) is 1.32. The minimum absolute atomic E-state index is 0.146. The molecule has 6 heteroatoms. The topological polar surface area (TPSA) is 80.5 Å². The molecule has 0 fully saturated rings. The zero-order valence-electron chi connectivity index (χ0n) is 6.79. The van der Waals surface area contributed by atoms with Gasteiger partial charge in [-0.05, 0) is 24.4 Å². The Morgan fingerprint density at radius 2 is 2.38 bits per heavy atom. The highest BCUT2D eigenvalue weighted by atomic mass is 32.1. The van der Waals surface area contributed by atoms with E-state index in [-0.39, 0.29) is 5.11 Å². The Morgan fingerprint density at radius 3 is 2.85 bits per heavy atom. The van der Waals surface area contributed by atoms with Gasteiger partial charge in [-0.15, -0.1) is 0 Å². The van der Waals surface area contributed by atoms with E-state index in [4.69, 9.17) is 23.8 Å². The molecule has 0 saturated carbocycles. The van der Waals surface area contributed by atoms with E-state index >= 15 is 0 Å². The van der Waals surface area contributed by atoms with Gasteiger partial charge in [0, 0.05) is 6.20 Å². The average molecular weight is 195 g/mol. The fraction of sp³-hybridized carbons (Fsp3) is 0. The smallest absolute Gasteiger partial charge is 0.177 e. The molecule has 0 unspecified atom stereocenters. The predicted octanol–water partition coefficient (Wildman–Crippen LogP) is 0.0336. The lowest BCUT2D eigenvalue weighted by Gasteiger charge is -2.14. The quantitative estimate of drug-likeness (QED) is 0.229. The van der Waals surface area contributed by atoms with Crippen molar-refractivity contribution in [2.75, 3.05) is 4.90 Å². The van der Waals surface area contributed by atoms with Gasteiger partial charge in [-0.1, -0.05) is 6.07 Å². The van der Waals surface area contributed by atoms with Gasteiger partial charge in [0.05, 0.1) is 0 Å². The number of pyridine rings is 1. The van der Waals surface area contributed by atoms with Crippen LogP contribution in [0.4, 0.5) is 5.82 Å². The summed E-state index contributed by atoms with van der Waals surface area (Å²) >= 11 is 4.78. The molecule has 0 radical (unpaired) electrons. The molecule has 68 valence electrons. The fourth-order valence-electron chi connectivity index (χ4n) is 0.792. The molecule has 0 aromatic carbocycles. The van der Waals surface area contributed by atoms with Crippen LogP contribution in [0.5, 0.6) is 0 Å². The second kappa shape index (κ2) is 4.36. The highest BCUT2D eigenvalue weighted by molar-refractivity contribution is 7.80. The van der Waals surface area contributed by atoms with Gasteiger partial charge in [0.25, 0.3) is 0 Å². The Hall–Kier alpha value is -1.69. The van der Waals surface area contributed by atoms with E-state index in [0.29, 0.717) is 5.82 Å². The van der Waals surface area contributed by atoms with Gasteiger partial charge in [-0.25, -0.2) is 4.98 Å². The first-order chi connectivity index (χ1) is 6.25. The van der Waals surface area contributed by atoms with Crippen LogP contribution in [-0.4, -0.2) is 16.4 Å². The number of hydrogen-bond donors (Lipinski definition) is 2. The molecular weight excluding hydrogens is 186 g/mol. The molecule has 4 N–H and O–H groups in total. The summed E-state index contributed by atoms with van der Waals surface area (Å²) in [6.45, 7) is 0. The first kappa shape index (κ1) is 9.40. The number of aromatic nitrogens is 1. The molecule has 0 spiro atoms. The second-order valence-electron chi connectivity index (χ2n) is 2.16. The van der Waals surface area contributed by atoms with Crippen molar-refractivity contribution < 1.29 is 0 Å². The monoisotopic (exact) mass is 195 g/mol. The van der Waals surface area contributed by atoms with Gasteiger partial charge in [-0.3, -0.25) is 4.90 Å². The van der Waals surface area contributed by atoms with Gasteiger partial charge >= 0.3 is 0 Å². The molecule has 0 amide bonds. The summed E-state index contributed by atoms with van der Waals surface area (Å²) < 4.78 is 0. The first-order valence-electron chi connectivity index (χ1n) is 3.49. The molecule has 0 aliphatic heterocycles. The SMILES string of the molecule is NN=CN(C(N)=S)c1ccccn1. The van der Waals surface area contributed by atoms with Crippen LogP contribution in [-0.2, 0) is 0 Å². The molecule has 0 aliphatic carbocycles. The average Bonchev–Trinajstić information content (AvgIpc) is 2.15. The van der Waals surface area contributed by atoms with Crippen LogP contribution < -0.4 is 16.5 Å². The summed E-state index contributed by atoms with van der Waals surface area (Å²) in [6.07, 6.45) is 2.94. The van der Waals surface area contributed by atoms with Crippen LogP contribution in [0.25, 0.3) is 0 Å². The van der Waals surface area contributed by atoms with Crippen molar-refractivity contribution in [1.29, 1.82) is 0 Å². The van der Waals surface area contributed by atoms with E-state index in [2.05, 4.69) is 10.1 Å². The van der Waals surface area contributed by atoms with Gasteiger partial charge in [0.2, 0.25) is 0 Å². The number of hydrogen-bond acceptors (Lipinski definition) is 4. The van der Waals surface area contributed by atoms with Crippen molar-refractivity contribution >= 4 is 29.5 Å². The number of anilines is 1. The van der Waals surface area contributed by atoms with E-state index in [1.807, 2.05) is 6.07 Å². The number of nitrogens with two attached hydrogens (primary N) is 2. The maximum Gasteiger partial charge on any atom is 0.177 e. The summed E-state index contributed by atoms with van der Waals surface area (Å²) in [5.41, 5.74) is 5.43. The molecule has 1 aromatic rings. The Balaban J connectivity index is 2.96. The minimum Gasteiger partial charge on any atom is -0.376 e. The van der Waals surface area contributed by atoms with Crippen LogP contribution in [0.3, 0.4) is 0 Å². The Kier molecular flexibility index (Phi) is 3.15. The lowest BCUT2D eigenvalue weighted by molar-refractivity contribution is 1.21. The van der Waals surface area contributed by atoms with E-state index in [1.165, 1.54) is 11.2 Å². The lowest BCUT2D eigenvalue weighted by atomic mass is 10.4. The van der Waals surface area contributed by atoms with Crippen molar-refractivity contribution in [3.05, 3.63) is 24.4 Å². The summed E-state index contributed by atoms with van der Waals surface area (Å²) in [5.74, 6) is 5.58. The molecular formula is C7H9N5S. The molecule has 1 rings (SSSR count). The largest absolute Gasteiger partial charge is 0.376 e. The van der Waals surface area contributed by atoms with Crippen molar-refractivity contribution in [3.8, 4) is 0 Å². The standard InChI is InChI=1S/C7H9N5S/c8-7(13)12(5-11-9)6-3-1-2-4-10-6/h1-5H,9H2,(H2,8,13). The molecule has 0 bridgehead atoms. The summed E-state index contributed by atoms with van der Waals surface area (Å²) in [7, 11) is 0. The van der Waals surface area contributed by atoms with E-state index in [0.717, 1.165) is 0 Å². The van der Waals surface area contributed by atoms with E-state index < -0.39 is 0 Å². The third-order valence-corrected chi connectivity index (χ3v) is 1.51. The third kappa shape index (κ3) is 2.38. The van der Waals surface area contributed by atoms with Crippen LogP contribution in [0.2, 0.25) is 0 Å². The zero-order valence-corrected chi connectivity index (χ0v) is 7.61. The molecule has 1 heterocycles. The summed E-state index contributed by atoms with van der Waals surface area (Å²) in [6, 6.07) is 5.36. The van der Waals surface area contributed by atoms with Crippen molar-refractivity contribution in [2.24, 2.45) is 16.7 Å². The van der Waals surface area contributed by atoms with Crippen LogP contribution in [0, 0.1) is 0 Å². The van der Waals surface area contributed by atoms with E-state index in [9.17, 15) is 0 Å². The Bertz CT molecular complexity index is 310. The van der Waals surface area contributed by atoms with Gasteiger partial charge in [0.1, 0.15) is 12.2 Å². The predicted molar refractivity (Wildman–Crippen MR) is 56.2 cm³/mol. The van der Waals surface area contributed by atoms with Crippen LogP contribution in [0.1, 0.15) is 0 Å². The van der Waals surface area contributed by atoms with Gasteiger partial charge in [-0.2, -0.15) is 5.10 Å². The summed E-state index contributed by atoms with van der Waals surface area (Å²) in [5, 5.41) is 3.47. The fourth-order valence-corrected chi connectivity index (χ4v) is 0.933. The number of nitrogens with zero attached hydrogens (tertiary/aromatic N) is 3.